The summed E-state index contributed by atoms with van der Waals surface area (Å²) in [5.41, 5.74) is 7.95. The fourth-order valence-electron chi connectivity index (χ4n) is 1.05. The lowest BCUT2D eigenvalue weighted by Gasteiger charge is -2.00. The number of rotatable bonds is 3. The van der Waals surface area contributed by atoms with Gasteiger partial charge in [0, 0.05) is 6.08 Å². The van der Waals surface area contributed by atoms with Crippen LogP contribution in [0.3, 0.4) is 0 Å². The minimum atomic E-state index is -0.460. The molecule has 72 valence electrons. The van der Waals surface area contributed by atoms with E-state index < -0.39 is 5.91 Å². The van der Waals surface area contributed by atoms with Crippen molar-refractivity contribution in [2.75, 3.05) is 0 Å². The standard InChI is InChI=1S/C12H13NO/c1-9-3-6-11(7-4-9)10(2)5-8-12(13)14/h3-8H,2H2,1H3,(H2,13,14). The number of primary amides is 1. The van der Waals surface area contributed by atoms with Gasteiger partial charge in [0.1, 0.15) is 0 Å². The number of carbonyl (C=O) groups is 1. The topological polar surface area (TPSA) is 43.1 Å². The van der Waals surface area contributed by atoms with Gasteiger partial charge in [0.25, 0.3) is 0 Å². The Kier molecular flexibility index (Phi) is 3.24. The van der Waals surface area contributed by atoms with E-state index in [2.05, 4.69) is 6.58 Å². The lowest BCUT2D eigenvalue weighted by Crippen LogP contribution is -2.05. The van der Waals surface area contributed by atoms with Crippen molar-refractivity contribution in [1.29, 1.82) is 0 Å². The molecule has 0 saturated carbocycles. The molecule has 0 unspecified atom stereocenters. The van der Waals surface area contributed by atoms with Crippen molar-refractivity contribution < 1.29 is 4.79 Å². The highest BCUT2D eigenvalue weighted by atomic mass is 16.1. The third kappa shape index (κ3) is 2.90. The lowest BCUT2D eigenvalue weighted by atomic mass is 10.1. The van der Waals surface area contributed by atoms with Crippen LogP contribution in [0.2, 0.25) is 0 Å². The van der Waals surface area contributed by atoms with Crippen LogP contribution in [0, 0.1) is 6.92 Å². The first kappa shape index (κ1) is 10.3. The molecule has 0 aromatic heterocycles. The zero-order chi connectivity index (χ0) is 10.6. The van der Waals surface area contributed by atoms with Gasteiger partial charge in [-0.15, -0.1) is 0 Å². The largest absolute Gasteiger partial charge is 0.366 e. The molecular formula is C12H13NO. The molecule has 0 saturated heterocycles. The molecule has 2 nitrogen and oxygen atoms in total. The fraction of sp³-hybridized carbons (Fsp3) is 0.0833. The van der Waals surface area contributed by atoms with E-state index in [0.29, 0.717) is 0 Å². The lowest BCUT2D eigenvalue weighted by molar-refractivity contribution is -0.113. The molecule has 0 spiro atoms. The summed E-state index contributed by atoms with van der Waals surface area (Å²) in [6.45, 7) is 5.85. The van der Waals surface area contributed by atoms with Crippen LogP contribution in [0.4, 0.5) is 0 Å². The predicted molar refractivity (Wildman–Crippen MR) is 58.5 cm³/mol. The van der Waals surface area contributed by atoms with Gasteiger partial charge in [0.15, 0.2) is 0 Å². The summed E-state index contributed by atoms with van der Waals surface area (Å²) >= 11 is 0. The minimum absolute atomic E-state index is 0.460. The van der Waals surface area contributed by atoms with Gasteiger partial charge in [-0.25, -0.2) is 0 Å². The summed E-state index contributed by atoms with van der Waals surface area (Å²) in [6.07, 6.45) is 2.93. The number of hydrogen-bond acceptors (Lipinski definition) is 1. The molecule has 0 bridgehead atoms. The van der Waals surface area contributed by atoms with Crippen molar-refractivity contribution in [3.05, 3.63) is 54.1 Å². The Morgan fingerprint density at radius 1 is 1.29 bits per heavy atom. The number of aryl methyl sites for hydroxylation is 1. The fourth-order valence-corrected chi connectivity index (χ4v) is 1.05. The van der Waals surface area contributed by atoms with E-state index in [0.717, 1.165) is 11.1 Å². The maximum absolute atomic E-state index is 10.5. The van der Waals surface area contributed by atoms with Crippen LogP contribution in [-0.2, 0) is 4.79 Å². The van der Waals surface area contributed by atoms with Crippen LogP contribution in [0.15, 0.2) is 43.0 Å². The summed E-state index contributed by atoms with van der Waals surface area (Å²) in [5, 5.41) is 0. The number of amides is 1. The Labute approximate surface area is 83.7 Å². The Hall–Kier alpha value is -1.83. The normalized spacial score (nSPS) is 10.4. The van der Waals surface area contributed by atoms with Gasteiger partial charge in [-0.2, -0.15) is 0 Å². The van der Waals surface area contributed by atoms with E-state index in [9.17, 15) is 4.79 Å². The van der Waals surface area contributed by atoms with Crippen molar-refractivity contribution in [2.45, 2.75) is 6.92 Å². The minimum Gasteiger partial charge on any atom is -0.366 e. The molecule has 2 N–H and O–H groups in total. The van der Waals surface area contributed by atoms with Gasteiger partial charge in [-0.3, -0.25) is 4.79 Å². The van der Waals surface area contributed by atoms with Crippen molar-refractivity contribution in [2.24, 2.45) is 5.73 Å². The average molecular weight is 187 g/mol. The molecule has 1 amide bonds. The van der Waals surface area contributed by atoms with Crippen molar-refractivity contribution in [3.63, 3.8) is 0 Å². The summed E-state index contributed by atoms with van der Waals surface area (Å²) in [4.78, 5) is 10.5. The van der Waals surface area contributed by atoms with Crippen molar-refractivity contribution in [1.82, 2.24) is 0 Å². The summed E-state index contributed by atoms with van der Waals surface area (Å²) in [7, 11) is 0. The van der Waals surface area contributed by atoms with E-state index in [1.807, 2.05) is 31.2 Å². The first-order valence-electron chi connectivity index (χ1n) is 4.33. The monoisotopic (exact) mass is 187 g/mol. The van der Waals surface area contributed by atoms with Crippen LogP contribution in [0.5, 0.6) is 0 Å². The van der Waals surface area contributed by atoms with Crippen LogP contribution < -0.4 is 5.73 Å². The van der Waals surface area contributed by atoms with Gasteiger partial charge in [-0.1, -0.05) is 36.4 Å². The molecule has 0 heterocycles. The van der Waals surface area contributed by atoms with Gasteiger partial charge < -0.3 is 5.73 Å². The van der Waals surface area contributed by atoms with Gasteiger partial charge in [0.05, 0.1) is 0 Å². The highest BCUT2D eigenvalue weighted by Crippen LogP contribution is 2.13. The van der Waals surface area contributed by atoms with Gasteiger partial charge >= 0.3 is 0 Å². The van der Waals surface area contributed by atoms with Gasteiger partial charge in [0.2, 0.25) is 5.91 Å². The molecule has 0 atom stereocenters. The molecule has 1 rings (SSSR count). The van der Waals surface area contributed by atoms with Crippen LogP contribution in [0.25, 0.3) is 5.57 Å². The van der Waals surface area contributed by atoms with E-state index in [1.165, 1.54) is 11.6 Å². The Morgan fingerprint density at radius 3 is 2.36 bits per heavy atom. The maximum atomic E-state index is 10.5. The molecule has 14 heavy (non-hydrogen) atoms. The summed E-state index contributed by atoms with van der Waals surface area (Å²) in [5.74, 6) is -0.460. The Balaban J connectivity index is 2.80. The Morgan fingerprint density at radius 2 is 1.86 bits per heavy atom. The molecule has 0 aliphatic rings. The molecule has 1 aromatic rings. The zero-order valence-corrected chi connectivity index (χ0v) is 8.16. The highest BCUT2D eigenvalue weighted by molar-refractivity contribution is 5.89. The second-order valence-corrected chi connectivity index (χ2v) is 3.13. The van der Waals surface area contributed by atoms with Crippen molar-refractivity contribution in [3.8, 4) is 0 Å². The van der Waals surface area contributed by atoms with E-state index in [1.54, 1.807) is 6.08 Å². The molecule has 0 radical (unpaired) electrons. The molecule has 1 aromatic carbocycles. The van der Waals surface area contributed by atoms with E-state index in [4.69, 9.17) is 5.73 Å². The quantitative estimate of drug-likeness (QED) is 0.571. The summed E-state index contributed by atoms with van der Waals surface area (Å²) < 4.78 is 0. The molecular weight excluding hydrogens is 174 g/mol. The van der Waals surface area contributed by atoms with Crippen LogP contribution in [-0.4, -0.2) is 5.91 Å². The SMILES string of the molecule is C=C(C=CC(N)=O)c1ccc(C)cc1. The third-order valence-corrected chi connectivity index (χ3v) is 1.87. The number of allylic oxidation sites excluding steroid dienone is 2. The third-order valence-electron chi connectivity index (χ3n) is 1.87. The van der Waals surface area contributed by atoms with Crippen LogP contribution >= 0.6 is 0 Å². The zero-order valence-electron chi connectivity index (χ0n) is 8.16. The second-order valence-electron chi connectivity index (χ2n) is 3.13. The second kappa shape index (κ2) is 4.42. The number of nitrogens with two attached hydrogens (primary N) is 1. The number of benzene rings is 1. The van der Waals surface area contributed by atoms with E-state index in [-0.39, 0.29) is 0 Å². The Bertz CT molecular complexity index is 374. The van der Waals surface area contributed by atoms with Crippen molar-refractivity contribution >= 4 is 11.5 Å². The van der Waals surface area contributed by atoms with Gasteiger partial charge in [-0.05, 0) is 24.1 Å². The first-order valence-corrected chi connectivity index (χ1v) is 4.33. The molecule has 0 fully saturated rings. The summed E-state index contributed by atoms with van der Waals surface area (Å²) in [6, 6.07) is 7.92. The molecule has 0 aliphatic heterocycles. The smallest absolute Gasteiger partial charge is 0.241 e. The van der Waals surface area contributed by atoms with E-state index >= 15 is 0 Å². The predicted octanol–water partition coefficient (Wildman–Crippen LogP) is 2.05. The maximum Gasteiger partial charge on any atom is 0.241 e. The number of hydrogen-bond donors (Lipinski definition) is 1. The molecule has 0 aliphatic carbocycles. The molecule has 2 heteroatoms. The number of carbonyl (C=O) groups excluding carboxylic acids is 1. The van der Waals surface area contributed by atoms with Crippen LogP contribution in [0.1, 0.15) is 11.1 Å². The average Bonchev–Trinajstić information content (AvgIpc) is 2.15. The first-order chi connectivity index (χ1) is 6.59. The highest BCUT2D eigenvalue weighted by Gasteiger charge is 1.94.